The summed E-state index contributed by atoms with van der Waals surface area (Å²) >= 11 is 5.36. The molecule has 1 unspecified atom stereocenters. The van der Waals surface area contributed by atoms with E-state index in [0.717, 1.165) is 18.2 Å². The van der Waals surface area contributed by atoms with E-state index in [1.165, 1.54) is 0 Å². The molecule has 0 saturated carbocycles. The number of benzene rings is 1. The number of aliphatic hydroxyl groups excluding tert-OH is 1. The molecule has 0 spiro atoms. The van der Waals surface area contributed by atoms with Crippen molar-refractivity contribution in [2.75, 3.05) is 17.7 Å². The van der Waals surface area contributed by atoms with Crippen molar-refractivity contribution in [3.05, 3.63) is 18.2 Å². The molecule has 0 aliphatic carbocycles. The van der Waals surface area contributed by atoms with Gasteiger partial charge in [-0.3, -0.25) is 9.11 Å². The van der Waals surface area contributed by atoms with Gasteiger partial charge in [0.15, 0.2) is 0 Å². The first kappa shape index (κ1) is 17.1. The fraction of sp³-hybridized carbons (Fsp3) is 0.333. The van der Waals surface area contributed by atoms with Crippen LogP contribution >= 0.6 is 11.6 Å². The summed E-state index contributed by atoms with van der Waals surface area (Å²) in [6.07, 6.45) is -1.01. The molecule has 0 saturated heterocycles. The number of nitrogens with one attached hydrogen (secondary N) is 1. The number of rotatable bonds is 6. The van der Waals surface area contributed by atoms with Crippen LogP contribution in [-0.4, -0.2) is 49.6 Å². The summed E-state index contributed by atoms with van der Waals surface area (Å²) in [5.74, 6) is -0.133. The molecule has 0 heterocycles. The van der Waals surface area contributed by atoms with E-state index in [1.54, 1.807) is 0 Å². The molecule has 1 aromatic carbocycles. The van der Waals surface area contributed by atoms with Gasteiger partial charge in [-0.2, -0.15) is 16.8 Å². The molecule has 0 bridgehead atoms. The highest BCUT2D eigenvalue weighted by Crippen LogP contribution is 2.24. The average molecular weight is 346 g/mol. The Morgan fingerprint density at radius 3 is 2.20 bits per heavy atom. The van der Waals surface area contributed by atoms with Crippen LogP contribution in [0.15, 0.2) is 28.0 Å². The molecule has 20 heavy (non-hydrogen) atoms. The molecule has 1 atom stereocenters. The maximum atomic E-state index is 11.1. The smallest absolute Gasteiger partial charge is 0.296 e. The van der Waals surface area contributed by atoms with Crippen molar-refractivity contribution < 1.29 is 31.0 Å². The van der Waals surface area contributed by atoms with E-state index in [2.05, 4.69) is 5.32 Å². The van der Waals surface area contributed by atoms with Gasteiger partial charge in [-0.05, 0) is 18.2 Å². The average Bonchev–Trinajstić information content (AvgIpc) is 2.33. The van der Waals surface area contributed by atoms with Gasteiger partial charge >= 0.3 is 0 Å². The van der Waals surface area contributed by atoms with Crippen molar-refractivity contribution in [2.45, 2.75) is 15.9 Å². The monoisotopic (exact) mass is 345 g/mol. The molecule has 11 heteroatoms. The molecular weight excluding hydrogens is 334 g/mol. The third kappa shape index (κ3) is 4.58. The summed E-state index contributed by atoms with van der Waals surface area (Å²) in [5, 5.41) is 11.7. The van der Waals surface area contributed by atoms with E-state index >= 15 is 0 Å². The minimum absolute atomic E-state index is 0.133. The molecule has 0 fully saturated rings. The van der Waals surface area contributed by atoms with Crippen LogP contribution in [0, 0.1) is 0 Å². The summed E-state index contributed by atoms with van der Waals surface area (Å²) in [4.78, 5) is -1.15. The second-order valence-corrected chi connectivity index (χ2v) is 6.92. The van der Waals surface area contributed by atoms with Crippen molar-refractivity contribution in [3.8, 4) is 0 Å². The molecule has 1 rings (SSSR count). The Labute approximate surface area is 120 Å². The van der Waals surface area contributed by atoms with Gasteiger partial charge in [0.25, 0.3) is 20.2 Å². The Bertz CT molecular complexity index is 686. The summed E-state index contributed by atoms with van der Waals surface area (Å²) < 4.78 is 62.2. The van der Waals surface area contributed by atoms with Gasteiger partial charge in [0, 0.05) is 6.54 Å². The zero-order valence-corrected chi connectivity index (χ0v) is 12.3. The highest BCUT2D eigenvalue weighted by atomic mass is 35.5. The van der Waals surface area contributed by atoms with E-state index in [9.17, 15) is 21.9 Å². The Kier molecular flexibility index (Phi) is 5.35. The van der Waals surface area contributed by atoms with Crippen molar-refractivity contribution in [1.82, 2.24) is 0 Å². The van der Waals surface area contributed by atoms with Gasteiger partial charge < -0.3 is 10.4 Å². The van der Waals surface area contributed by atoms with Crippen LogP contribution in [0.3, 0.4) is 0 Å². The number of anilines is 1. The van der Waals surface area contributed by atoms with E-state index < -0.39 is 36.1 Å². The van der Waals surface area contributed by atoms with E-state index in [-0.39, 0.29) is 18.1 Å². The summed E-state index contributed by atoms with van der Waals surface area (Å²) in [7, 11) is -9.14. The highest BCUT2D eigenvalue weighted by Gasteiger charge is 2.20. The predicted octanol–water partition coefficient (Wildman–Crippen LogP) is 0.192. The maximum absolute atomic E-state index is 11.1. The quantitative estimate of drug-likeness (QED) is 0.423. The third-order valence-electron chi connectivity index (χ3n) is 2.23. The van der Waals surface area contributed by atoms with Gasteiger partial charge in [0.1, 0.15) is 4.90 Å². The number of hydrogen-bond donors (Lipinski definition) is 4. The van der Waals surface area contributed by atoms with Crippen LogP contribution in [0.5, 0.6) is 0 Å². The Morgan fingerprint density at radius 1 is 1.15 bits per heavy atom. The standard InChI is InChI=1S/C9H12ClNO7S2/c10-4-6(12)5-11-8-3-7(19(13,14)15)1-2-9(8)20(16,17)18/h1-3,6,11-12H,4-5H2,(H,13,14,15)(H,16,17,18). The van der Waals surface area contributed by atoms with Crippen molar-refractivity contribution in [3.63, 3.8) is 0 Å². The largest absolute Gasteiger partial charge is 0.390 e. The van der Waals surface area contributed by atoms with Gasteiger partial charge in [-0.15, -0.1) is 11.6 Å². The Balaban J connectivity index is 3.27. The van der Waals surface area contributed by atoms with Crippen LogP contribution in [-0.2, 0) is 20.2 Å². The normalized spacial score (nSPS) is 14.0. The lowest BCUT2D eigenvalue weighted by atomic mass is 10.3. The number of halogens is 1. The van der Waals surface area contributed by atoms with Crippen LogP contribution in [0.2, 0.25) is 0 Å². The lowest BCUT2D eigenvalue weighted by Crippen LogP contribution is -2.22. The van der Waals surface area contributed by atoms with Gasteiger partial charge in [0.05, 0.1) is 22.6 Å². The van der Waals surface area contributed by atoms with Crippen molar-refractivity contribution in [2.24, 2.45) is 0 Å². The van der Waals surface area contributed by atoms with Gasteiger partial charge in [0.2, 0.25) is 0 Å². The first-order valence-corrected chi connectivity index (χ1v) is 8.54. The minimum Gasteiger partial charge on any atom is -0.390 e. The number of hydrogen-bond acceptors (Lipinski definition) is 6. The molecular formula is C9H12ClNO7S2. The number of alkyl halides is 1. The molecule has 0 amide bonds. The van der Waals surface area contributed by atoms with Crippen molar-refractivity contribution >= 4 is 37.5 Å². The highest BCUT2D eigenvalue weighted by molar-refractivity contribution is 7.86. The summed E-state index contributed by atoms with van der Waals surface area (Å²) in [5.41, 5.74) is -0.285. The van der Waals surface area contributed by atoms with E-state index in [0.29, 0.717) is 0 Å². The molecule has 114 valence electrons. The molecule has 0 aliphatic rings. The molecule has 0 radical (unpaired) electrons. The Hall–Kier alpha value is -0.910. The zero-order chi connectivity index (χ0) is 15.6. The lowest BCUT2D eigenvalue weighted by molar-refractivity contribution is 0.211. The molecule has 1 aromatic rings. The van der Waals surface area contributed by atoms with Crippen LogP contribution in [0.1, 0.15) is 0 Å². The predicted molar refractivity (Wildman–Crippen MR) is 71.3 cm³/mol. The number of aliphatic hydroxyl groups is 1. The van der Waals surface area contributed by atoms with Crippen LogP contribution < -0.4 is 5.32 Å². The first-order chi connectivity index (χ1) is 9.05. The van der Waals surface area contributed by atoms with Gasteiger partial charge in [-0.1, -0.05) is 0 Å². The van der Waals surface area contributed by atoms with E-state index in [4.69, 9.17) is 20.7 Å². The first-order valence-electron chi connectivity index (χ1n) is 5.12. The zero-order valence-electron chi connectivity index (χ0n) is 9.89. The summed E-state index contributed by atoms with van der Waals surface area (Å²) in [6, 6.07) is 2.45. The molecule has 8 nitrogen and oxygen atoms in total. The fourth-order valence-electron chi connectivity index (χ4n) is 1.31. The van der Waals surface area contributed by atoms with Crippen LogP contribution in [0.4, 0.5) is 5.69 Å². The van der Waals surface area contributed by atoms with Crippen molar-refractivity contribution in [1.29, 1.82) is 0 Å². The van der Waals surface area contributed by atoms with Gasteiger partial charge in [-0.25, -0.2) is 0 Å². The van der Waals surface area contributed by atoms with Crippen LogP contribution in [0.25, 0.3) is 0 Å². The topological polar surface area (TPSA) is 141 Å². The molecule has 4 N–H and O–H groups in total. The molecule has 0 aromatic heterocycles. The molecule has 0 aliphatic heterocycles. The SMILES string of the molecule is O=S(=O)(O)c1ccc(S(=O)(=O)O)c(NCC(O)CCl)c1. The minimum atomic E-state index is -4.60. The third-order valence-corrected chi connectivity index (χ3v) is 4.35. The van der Waals surface area contributed by atoms with E-state index in [1.807, 2.05) is 0 Å². The Morgan fingerprint density at radius 2 is 1.75 bits per heavy atom. The maximum Gasteiger partial charge on any atom is 0.296 e. The fourth-order valence-corrected chi connectivity index (χ4v) is 2.58. The lowest BCUT2D eigenvalue weighted by Gasteiger charge is -2.13. The summed E-state index contributed by atoms with van der Waals surface area (Å²) in [6.45, 7) is -0.180. The second kappa shape index (κ2) is 6.24. The second-order valence-electron chi connectivity index (χ2n) is 3.80.